The molecule has 0 heterocycles. The Bertz CT molecular complexity index is 464. The lowest BCUT2D eigenvalue weighted by Gasteiger charge is -2.09. The van der Waals surface area contributed by atoms with Gasteiger partial charge in [0.1, 0.15) is 0 Å². The molecule has 0 saturated heterocycles. The van der Waals surface area contributed by atoms with Crippen LogP contribution in [0.4, 0.5) is 0 Å². The summed E-state index contributed by atoms with van der Waals surface area (Å²) in [4.78, 5) is 12.0. The minimum Gasteiger partial charge on any atom is -0.267 e. The van der Waals surface area contributed by atoms with Crippen LogP contribution in [0.3, 0.4) is 0 Å². The van der Waals surface area contributed by atoms with Gasteiger partial charge in [-0.1, -0.05) is 31.5 Å². The van der Waals surface area contributed by atoms with Crippen LogP contribution in [0.5, 0.6) is 0 Å². The number of hydrogen-bond acceptors (Lipinski definition) is 2. The molecule has 1 atom stereocenters. The lowest BCUT2D eigenvalue weighted by molar-refractivity contribution is 0.0954. The smallest absolute Gasteiger partial charge is 0.267 e. The Morgan fingerprint density at radius 2 is 2.06 bits per heavy atom. The van der Waals surface area contributed by atoms with Gasteiger partial charge >= 0.3 is 0 Å². The molecule has 1 aromatic carbocycles. The molecule has 0 fully saturated rings. The van der Waals surface area contributed by atoms with E-state index in [0.29, 0.717) is 11.5 Å². The van der Waals surface area contributed by atoms with Gasteiger partial charge in [0.05, 0.1) is 0 Å². The molecule has 1 amide bonds. The van der Waals surface area contributed by atoms with Crippen LogP contribution in [0.1, 0.15) is 48.7 Å². The molecule has 0 aromatic heterocycles. The van der Waals surface area contributed by atoms with E-state index in [4.69, 9.17) is 0 Å². The topological polar surface area (TPSA) is 41.5 Å². The lowest BCUT2D eigenvalue weighted by Crippen LogP contribution is -2.21. The van der Waals surface area contributed by atoms with Gasteiger partial charge in [0.25, 0.3) is 5.91 Å². The molecule has 18 heavy (non-hydrogen) atoms. The maximum absolute atomic E-state index is 12.0. The van der Waals surface area contributed by atoms with E-state index in [1.807, 2.05) is 39.0 Å². The third-order valence-electron chi connectivity index (χ3n) is 3.29. The maximum atomic E-state index is 12.0. The zero-order chi connectivity index (χ0) is 13.7. The van der Waals surface area contributed by atoms with Gasteiger partial charge in [0.2, 0.25) is 0 Å². The average molecular weight is 246 g/mol. The molecule has 0 saturated carbocycles. The van der Waals surface area contributed by atoms with Crippen molar-refractivity contribution in [2.24, 2.45) is 11.0 Å². The summed E-state index contributed by atoms with van der Waals surface area (Å²) in [6.45, 7) is 10.1. The van der Waals surface area contributed by atoms with Gasteiger partial charge in [-0.25, -0.2) is 5.43 Å². The first-order valence-corrected chi connectivity index (χ1v) is 6.37. The fraction of sp³-hybridized carbons (Fsp3) is 0.467. The van der Waals surface area contributed by atoms with Crippen LogP contribution in [0.25, 0.3) is 0 Å². The van der Waals surface area contributed by atoms with Gasteiger partial charge in [-0.15, -0.1) is 0 Å². The number of aryl methyl sites for hydroxylation is 2. The van der Waals surface area contributed by atoms with Crippen molar-refractivity contribution in [3.63, 3.8) is 0 Å². The van der Waals surface area contributed by atoms with E-state index in [-0.39, 0.29) is 5.91 Å². The number of hydrazone groups is 1. The number of nitrogens with one attached hydrogen (secondary N) is 1. The predicted molar refractivity (Wildman–Crippen MR) is 75.9 cm³/mol. The lowest BCUT2D eigenvalue weighted by atomic mass is 10.0. The van der Waals surface area contributed by atoms with Crippen LogP contribution < -0.4 is 5.43 Å². The summed E-state index contributed by atoms with van der Waals surface area (Å²) >= 11 is 0. The zero-order valence-corrected chi connectivity index (χ0v) is 11.9. The second kappa shape index (κ2) is 6.34. The molecule has 0 aliphatic carbocycles. The van der Waals surface area contributed by atoms with Crippen molar-refractivity contribution in [1.82, 2.24) is 5.43 Å². The molecule has 0 aliphatic rings. The summed E-state index contributed by atoms with van der Waals surface area (Å²) in [6.07, 6.45) is 1.02. The van der Waals surface area contributed by atoms with Crippen molar-refractivity contribution in [3.8, 4) is 0 Å². The van der Waals surface area contributed by atoms with Gasteiger partial charge in [0, 0.05) is 11.3 Å². The Labute approximate surface area is 109 Å². The van der Waals surface area contributed by atoms with Crippen LogP contribution >= 0.6 is 0 Å². The molecule has 3 nitrogen and oxygen atoms in total. The van der Waals surface area contributed by atoms with Crippen molar-refractivity contribution in [2.75, 3.05) is 0 Å². The van der Waals surface area contributed by atoms with Crippen molar-refractivity contribution in [2.45, 2.75) is 41.0 Å². The van der Waals surface area contributed by atoms with E-state index >= 15 is 0 Å². The van der Waals surface area contributed by atoms with Gasteiger partial charge < -0.3 is 0 Å². The van der Waals surface area contributed by atoms with E-state index in [1.165, 1.54) is 0 Å². The van der Waals surface area contributed by atoms with Crippen LogP contribution in [0.2, 0.25) is 0 Å². The molecule has 0 spiro atoms. The largest absolute Gasteiger partial charge is 0.271 e. The summed E-state index contributed by atoms with van der Waals surface area (Å²) < 4.78 is 0. The number of rotatable bonds is 4. The fourth-order valence-electron chi connectivity index (χ4n) is 1.67. The van der Waals surface area contributed by atoms with Crippen LogP contribution in [-0.4, -0.2) is 11.6 Å². The van der Waals surface area contributed by atoms with Crippen LogP contribution in [0.15, 0.2) is 23.3 Å². The Kier molecular flexibility index (Phi) is 5.08. The SMILES string of the molecule is CC[C@H](C)/C(C)=N\NC(=O)c1ccc(C)cc1C. The highest BCUT2D eigenvalue weighted by Gasteiger charge is 2.09. The molecule has 1 rings (SSSR count). The summed E-state index contributed by atoms with van der Waals surface area (Å²) in [6, 6.07) is 5.78. The predicted octanol–water partition coefficient (Wildman–Crippen LogP) is 3.46. The Balaban J connectivity index is 2.77. The molecule has 98 valence electrons. The van der Waals surface area contributed by atoms with Gasteiger partial charge in [-0.3, -0.25) is 4.79 Å². The van der Waals surface area contributed by atoms with E-state index in [9.17, 15) is 4.79 Å². The molecule has 1 aromatic rings. The van der Waals surface area contributed by atoms with Gasteiger partial charge in [-0.2, -0.15) is 5.10 Å². The first-order valence-electron chi connectivity index (χ1n) is 6.37. The van der Waals surface area contributed by atoms with Gasteiger partial charge in [-0.05, 0) is 44.7 Å². The number of nitrogens with zero attached hydrogens (tertiary/aromatic N) is 1. The summed E-state index contributed by atoms with van der Waals surface area (Å²) in [5.74, 6) is 0.250. The number of hydrogen-bond donors (Lipinski definition) is 1. The fourth-order valence-corrected chi connectivity index (χ4v) is 1.67. The van der Waals surface area contributed by atoms with E-state index < -0.39 is 0 Å². The molecule has 3 heteroatoms. The third-order valence-corrected chi connectivity index (χ3v) is 3.29. The minimum absolute atomic E-state index is 0.143. The summed E-state index contributed by atoms with van der Waals surface area (Å²) in [7, 11) is 0. The molecule has 0 bridgehead atoms. The van der Waals surface area contributed by atoms with Crippen LogP contribution in [0, 0.1) is 19.8 Å². The van der Waals surface area contributed by atoms with Crippen LogP contribution in [-0.2, 0) is 0 Å². The molecule has 1 N–H and O–H groups in total. The maximum Gasteiger partial charge on any atom is 0.271 e. The molecule has 0 radical (unpaired) electrons. The first-order chi connectivity index (χ1) is 8.45. The molecule has 0 unspecified atom stereocenters. The van der Waals surface area contributed by atoms with Crippen molar-refractivity contribution < 1.29 is 4.79 Å². The second-order valence-electron chi connectivity index (χ2n) is 4.82. The average Bonchev–Trinajstić information content (AvgIpc) is 2.34. The first kappa shape index (κ1) is 14.4. The van der Waals surface area contributed by atoms with Crippen molar-refractivity contribution in [3.05, 3.63) is 34.9 Å². The zero-order valence-electron chi connectivity index (χ0n) is 11.9. The van der Waals surface area contributed by atoms with E-state index in [2.05, 4.69) is 24.4 Å². The molecule has 0 aliphatic heterocycles. The van der Waals surface area contributed by atoms with E-state index in [1.54, 1.807) is 0 Å². The second-order valence-corrected chi connectivity index (χ2v) is 4.82. The van der Waals surface area contributed by atoms with Crippen molar-refractivity contribution >= 4 is 11.6 Å². The monoisotopic (exact) mass is 246 g/mol. The quantitative estimate of drug-likeness (QED) is 0.641. The normalized spacial score (nSPS) is 13.3. The highest BCUT2D eigenvalue weighted by atomic mass is 16.2. The Hall–Kier alpha value is -1.64. The number of carbonyl (C=O) groups is 1. The molecular weight excluding hydrogens is 224 g/mol. The minimum atomic E-state index is -0.143. The van der Waals surface area contributed by atoms with Gasteiger partial charge in [0.15, 0.2) is 0 Å². The third kappa shape index (κ3) is 3.69. The highest BCUT2D eigenvalue weighted by molar-refractivity contribution is 5.96. The summed E-state index contributed by atoms with van der Waals surface area (Å²) in [5.41, 5.74) is 6.39. The summed E-state index contributed by atoms with van der Waals surface area (Å²) in [5, 5.41) is 4.15. The Morgan fingerprint density at radius 1 is 1.39 bits per heavy atom. The number of carbonyl (C=O) groups excluding carboxylic acids is 1. The highest BCUT2D eigenvalue weighted by Crippen LogP contribution is 2.10. The molecular formula is C15H22N2O. The van der Waals surface area contributed by atoms with Crippen molar-refractivity contribution in [1.29, 1.82) is 0 Å². The number of amides is 1. The van der Waals surface area contributed by atoms with E-state index in [0.717, 1.165) is 23.3 Å². The number of benzene rings is 1. The Morgan fingerprint density at radius 3 is 2.61 bits per heavy atom. The standard InChI is InChI=1S/C15H22N2O/c1-6-11(3)13(5)16-17-15(18)14-8-7-10(2)9-12(14)4/h7-9,11H,6H2,1-5H3,(H,17,18)/b16-13-/t11-/m0/s1.